The summed E-state index contributed by atoms with van der Waals surface area (Å²) in [5.41, 5.74) is 0.560. The second-order valence-corrected chi connectivity index (χ2v) is 5.47. The van der Waals surface area contributed by atoms with Crippen LogP contribution in [0.25, 0.3) is 0 Å². The van der Waals surface area contributed by atoms with E-state index in [9.17, 15) is 14.7 Å². The van der Waals surface area contributed by atoms with E-state index in [0.29, 0.717) is 25.1 Å². The molecule has 0 spiro atoms. The molecule has 0 radical (unpaired) electrons. The first kappa shape index (κ1) is 15.4. The van der Waals surface area contributed by atoms with Crippen LogP contribution in [0.1, 0.15) is 36.0 Å². The van der Waals surface area contributed by atoms with E-state index in [4.69, 9.17) is 5.11 Å². The largest absolute Gasteiger partial charge is 0.465 e. The number of carbonyl (C=O) groups excluding carboxylic acids is 1. The van der Waals surface area contributed by atoms with E-state index in [0.717, 1.165) is 12.8 Å². The molecule has 114 valence electrons. The van der Waals surface area contributed by atoms with Gasteiger partial charge >= 0.3 is 6.09 Å². The highest BCUT2D eigenvalue weighted by Crippen LogP contribution is 2.23. The van der Waals surface area contributed by atoms with E-state index >= 15 is 0 Å². The minimum absolute atomic E-state index is 0.0899. The van der Waals surface area contributed by atoms with Gasteiger partial charge in [-0.15, -0.1) is 0 Å². The quantitative estimate of drug-likeness (QED) is 0.807. The number of amides is 1. The van der Waals surface area contributed by atoms with Crippen molar-refractivity contribution in [3.05, 3.63) is 30.1 Å². The monoisotopic (exact) mass is 292 g/mol. The number of rotatable bonds is 5. The molecule has 1 saturated heterocycles. The molecule has 1 aromatic rings. The summed E-state index contributed by atoms with van der Waals surface area (Å²) in [6.45, 7) is 1.01. The molecule has 2 N–H and O–H groups in total. The van der Waals surface area contributed by atoms with Crippen LogP contribution >= 0.6 is 0 Å². The van der Waals surface area contributed by atoms with Gasteiger partial charge in [-0.3, -0.25) is 9.78 Å². The number of piperidine rings is 1. The van der Waals surface area contributed by atoms with E-state index < -0.39 is 12.2 Å². The summed E-state index contributed by atoms with van der Waals surface area (Å²) < 4.78 is 0. The molecular weight excluding hydrogens is 272 g/mol. The fraction of sp³-hybridized carbons (Fsp3) is 0.533. The Bertz CT molecular complexity index is 484. The van der Waals surface area contributed by atoms with Gasteiger partial charge in [0.25, 0.3) is 0 Å². The van der Waals surface area contributed by atoms with Crippen LogP contribution < -0.4 is 0 Å². The number of hydrogen-bond donors (Lipinski definition) is 2. The van der Waals surface area contributed by atoms with Gasteiger partial charge in [-0.2, -0.15) is 0 Å². The molecule has 1 aliphatic rings. The van der Waals surface area contributed by atoms with Crippen molar-refractivity contribution in [2.75, 3.05) is 13.1 Å². The standard InChI is InChI=1S/C15H20N2O4/c18-13(10-14(19)12-1-5-16-6-2-12)9-11-3-7-17(8-4-11)15(20)21/h1-2,5-6,11,13,18H,3-4,7-10H2,(H,20,21). The average molecular weight is 292 g/mol. The summed E-state index contributed by atoms with van der Waals surface area (Å²) in [6, 6.07) is 3.28. The molecule has 2 rings (SSSR count). The van der Waals surface area contributed by atoms with Gasteiger partial charge in [0.1, 0.15) is 0 Å². The van der Waals surface area contributed by atoms with Crippen LogP contribution in [-0.2, 0) is 0 Å². The third kappa shape index (κ3) is 4.53. The third-order valence-corrected chi connectivity index (χ3v) is 3.91. The Labute approximate surface area is 123 Å². The predicted octanol–water partition coefficient (Wildman–Crippen LogP) is 1.80. The molecule has 1 amide bonds. The topological polar surface area (TPSA) is 90.7 Å². The van der Waals surface area contributed by atoms with E-state index in [2.05, 4.69) is 4.98 Å². The molecule has 21 heavy (non-hydrogen) atoms. The van der Waals surface area contributed by atoms with Crippen LogP contribution in [0.5, 0.6) is 0 Å². The van der Waals surface area contributed by atoms with Crippen molar-refractivity contribution in [3.63, 3.8) is 0 Å². The highest BCUT2D eigenvalue weighted by molar-refractivity contribution is 5.96. The van der Waals surface area contributed by atoms with Gasteiger partial charge < -0.3 is 15.1 Å². The van der Waals surface area contributed by atoms with Crippen LogP contribution in [0, 0.1) is 5.92 Å². The van der Waals surface area contributed by atoms with Crippen molar-refractivity contribution in [2.24, 2.45) is 5.92 Å². The zero-order valence-corrected chi connectivity index (χ0v) is 11.8. The average Bonchev–Trinajstić information content (AvgIpc) is 2.48. The number of pyridine rings is 1. The van der Waals surface area contributed by atoms with Crippen LogP contribution in [0.15, 0.2) is 24.5 Å². The molecule has 6 nitrogen and oxygen atoms in total. The Morgan fingerprint density at radius 1 is 1.29 bits per heavy atom. The second kappa shape index (κ2) is 7.17. The first-order valence-electron chi connectivity index (χ1n) is 7.15. The second-order valence-electron chi connectivity index (χ2n) is 5.47. The molecule has 2 heterocycles. The highest BCUT2D eigenvalue weighted by atomic mass is 16.4. The summed E-state index contributed by atoms with van der Waals surface area (Å²) in [5.74, 6) is 0.189. The van der Waals surface area contributed by atoms with Crippen LogP contribution in [-0.4, -0.2) is 51.2 Å². The number of aliphatic hydroxyl groups is 1. The van der Waals surface area contributed by atoms with Gasteiger partial charge in [0.2, 0.25) is 0 Å². The van der Waals surface area contributed by atoms with Crippen molar-refractivity contribution in [2.45, 2.75) is 31.8 Å². The number of aromatic nitrogens is 1. The fourth-order valence-electron chi connectivity index (χ4n) is 2.70. The number of hydrogen-bond acceptors (Lipinski definition) is 4. The van der Waals surface area contributed by atoms with Gasteiger partial charge in [0.15, 0.2) is 5.78 Å². The van der Waals surface area contributed by atoms with Gasteiger partial charge in [0, 0.05) is 37.5 Å². The number of carboxylic acid groups (broad SMARTS) is 1. The lowest BCUT2D eigenvalue weighted by Crippen LogP contribution is -2.38. The first-order valence-corrected chi connectivity index (χ1v) is 7.15. The van der Waals surface area contributed by atoms with E-state index in [1.54, 1.807) is 24.5 Å². The first-order chi connectivity index (χ1) is 10.1. The van der Waals surface area contributed by atoms with Gasteiger partial charge in [-0.05, 0) is 37.3 Å². The number of ketones is 1. The summed E-state index contributed by atoms with van der Waals surface area (Å²) in [7, 11) is 0. The number of nitrogens with zero attached hydrogens (tertiary/aromatic N) is 2. The maximum Gasteiger partial charge on any atom is 0.407 e. The molecular formula is C15H20N2O4. The molecule has 1 fully saturated rings. The Morgan fingerprint density at radius 3 is 2.48 bits per heavy atom. The fourth-order valence-corrected chi connectivity index (χ4v) is 2.70. The number of likely N-dealkylation sites (tertiary alicyclic amines) is 1. The molecule has 0 aliphatic carbocycles. The van der Waals surface area contributed by atoms with E-state index in [-0.39, 0.29) is 18.1 Å². The minimum Gasteiger partial charge on any atom is -0.465 e. The van der Waals surface area contributed by atoms with Gasteiger partial charge in [0.05, 0.1) is 6.10 Å². The van der Waals surface area contributed by atoms with E-state index in [1.165, 1.54) is 4.90 Å². The Hall–Kier alpha value is -1.95. The SMILES string of the molecule is O=C(CC(O)CC1CCN(C(=O)O)CC1)c1ccncc1. The Balaban J connectivity index is 1.76. The maximum atomic E-state index is 12.0. The summed E-state index contributed by atoms with van der Waals surface area (Å²) in [5, 5.41) is 18.9. The van der Waals surface area contributed by atoms with Crippen LogP contribution in [0.2, 0.25) is 0 Å². The maximum absolute atomic E-state index is 12.0. The van der Waals surface area contributed by atoms with Gasteiger partial charge in [-0.1, -0.05) is 0 Å². The van der Waals surface area contributed by atoms with Crippen LogP contribution in [0.3, 0.4) is 0 Å². The number of Topliss-reactive ketones (excluding diaryl/α,β-unsaturated/α-hetero) is 1. The summed E-state index contributed by atoms with van der Waals surface area (Å²) in [6.07, 6.45) is 3.68. The van der Waals surface area contributed by atoms with Crippen LogP contribution in [0.4, 0.5) is 4.79 Å². The smallest absolute Gasteiger partial charge is 0.407 e. The number of aliphatic hydroxyl groups excluding tert-OH is 1. The lowest BCUT2D eigenvalue weighted by atomic mass is 9.89. The van der Waals surface area contributed by atoms with Crippen molar-refractivity contribution >= 4 is 11.9 Å². The zero-order valence-electron chi connectivity index (χ0n) is 11.8. The van der Waals surface area contributed by atoms with Crippen molar-refractivity contribution in [1.29, 1.82) is 0 Å². The molecule has 1 aliphatic heterocycles. The lowest BCUT2D eigenvalue weighted by molar-refractivity contribution is 0.0772. The molecule has 1 atom stereocenters. The van der Waals surface area contributed by atoms with Crippen molar-refractivity contribution in [3.8, 4) is 0 Å². The molecule has 1 aromatic heterocycles. The molecule has 1 unspecified atom stereocenters. The minimum atomic E-state index is -0.887. The predicted molar refractivity (Wildman–Crippen MR) is 76.1 cm³/mol. The zero-order chi connectivity index (χ0) is 15.2. The molecule has 6 heteroatoms. The normalized spacial score (nSPS) is 17.5. The Morgan fingerprint density at radius 2 is 1.90 bits per heavy atom. The van der Waals surface area contributed by atoms with E-state index in [1.807, 2.05) is 0 Å². The van der Waals surface area contributed by atoms with Crippen molar-refractivity contribution < 1.29 is 19.8 Å². The third-order valence-electron chi connectivity index (χ3n) is 3.91. The lowest BCUT2D eigenvalue weighted by Gasteiger charge is -2.30. The highest BCUT2D eigenvalue weighted by Gasteiger charge is 2.25. The van der Waals surface area contributed by atoms with Crippen molar-refractivity contribution in [1.82, 2.24) is 9.88 Å². The molecule has 0 bridgehead atoms. The molecule has 0 aromatic carbocycles. The molecule has 0 saturated carbocycles. The van der Waals surface area contributed by atoms with Gasteiger partial charge in [-0.25, -0.2) is 4.79 Å². The number of carbonyl (C=O) groups is 2. The summed E-state index contributed by atoms with van der Waals surface area (Å²) in [4.78, 5) is 28.0. The Kier molecular flexibility index (Phi) is 5.27. The summed E-state index contributed by atoms with van der Waals surface area (Å²) >= 11 is 0.